The van der Waals surface area contributed by atoms with Gasteiger partial charge >= 0.3 is 6.36 Å². The van der Waals surface area contributed by atoms with Crippen molar-refractivity contribution in [2.75, 3.05) is 12.5 Å². The molecule has 2 heterocycles. The first-order valence-corrected chi connectivity index (χ1v) is 12.3. The maximum absolute atomic E-state index is 12.7. The molecule has 0 spiro atoms. The Morgan fingerprint density at radius 1 is 1.15 bits per heavy atom. The van der Waals surface area contributed by atoms with Gasteiger partial charge in [0.05, 0.1) is 29.3 Å². The molecule has 1 aromatic carbocycles. The maximum Gasteiger partial charge on any atom is 0.573 e. The van der Waals surface area contributed by atoms with E-state index in [0.29, 0.717) is 22.8 Å². The number of hydrogen-bond acceptors (Lipinski definition) is 7. The summed E-state index contributed by atoms with van der Waals surface area (Å²) in [6.45, 7) is 1.64. The van der Waals surface area contributed by atoms with Crippen molar-refractivity contribution in [1.82, 2.24) is 20.3 Å². The van der Waals surface area contributed by atoms with Crippen LogP contribution in [-0.2, 0) is 9.73 Å². The first-order chi connectivity index (χ1) is 15.8. The standard InChI is InChI=1S/C21H19ClF3N5O3S/c1-12(29-20(31)13-8-14(22)10-16(9-13)33-21(23,24)25)18-19(27-7-6-26-18)17-5-4-15(11-28-17)30-34(2,3)32/h4-12H,1-3H3,(H,29,31)/t12-/m0/s1. The summed E-state index contributed by atoms with van der Waals surface area (Å²) in [5.41, 5.74) is 1.49. The minimum atomic E-state index is -4.93. The van der Waals surface area contributed by atoms with Crippen LogP contribution in [-0.4, -0.2) is 43.9 Å². The Hall–Kier alpha value is -3.25. The van der Waals surface area contributed by atoms with Gasteiger partial charge in [0.1, 0.15) is 11.4 Å². The average molecular weight is 514 g/mol. The van der Waals surface area contributed by atoms with E-state index >= 15 is 0 Å². The molecule has 0 aliphatic carbocycles. The Balaban J connectivity index is 1.85. The van der Waals surface area contributed by atoms with E-state index in [0.717, 1.165) is 12.1 Å². The summed E-state index contributed by atoms with van der Waals surface area (Å²) in [7, 11) is -2.35. The Labute approximate surface area is 198 Å². The van der Waals surface area contributed by atoms with Crippen LogP contribution < -0.4 is 10.1 Å². The lowest BCUT2D eigenvalue weighted by molar-refractivity contribution is -0.274. The van der Waals surface area contributed by atoms with Crippen molar-refractivity contribution in [2.45, 2.75) is 19.3 Å². The molecule has 0 fully saturated rings. The predicted molar refractivity (Wildman–Crippen MR) is 121 cm³/mol. The number of hydrogen-bond donors (Lipinski definition) is 1. The monoisotopic (exact) mass is 513 g/mol. The topological polar surface area (TPSA) is 106 Å². The van der Waals surface area contributed by atoms with E-state index < -0.39 is 33.8 Å². The Kier molecular flexibility index (Phi) is 7.41. The van der Waals surface area contributed by atoms with Crippen molar-refractivity contribution in [1.29, 1.82) is 0 Å². The molecular formula is C21H19ClF3N5O3S. The lowest BCUT2D eigenvalue weighted by Gasteiger charge is -2.17. The van der Waals surface area contributed by atoms with Crippen LogP contribution in [0.2, 0.25) is 5.02 Å². The second kappa shape index (κ2) is 9.94. The van der Waals surface area contributed by atoms with Crippen LogP contribution >= 0.6 is 11.6 Å². The van der Waals surface area contributed by atoms with Crippen molar-refractivity contribution in [2.24, 2.45) is 4.36 Å². The molecule has 180 valence electrons. The van der Waals surface area contributed by atoms with Crippen LogP contribution in [0.15, 0.2) is 53.3 Å². The van der Waals surface area contributed by atoms with Crippen LogP contribution in [0, 0.1) is 0 Å². The van der Waals surface area contributed by atoms with E-state index in [1.807, 2.05) is 0 Å². The summed E-state index contributed by atoms with van der Waals surface area (Å²) in [5, 5.41) is 2.56. The molecule has 0 bridgehead atoms. The van der Waals surface area contributed by atoms with Gasteiger partial charge in [-0.05, 0) is 37.3 Å². The minimum absolute atomic E-state index is 0.0995. The first-order valence-electron chi connectivity index (χ1n) is 9.62. The van der Waals surface area contributed by atoms with E-state index in [2.05, 4.69) is 29.4 Å². The zero-order valence-electron chi connectivity index (χ0n) is 18.1. The minimum Gasteiger partial charge on any atom is -0.406 e. The third-order valence-electron chi connectivity index (χ3n) is 4.17. The highest BCUT2D eigenvalue weighted by atomic mass is 35.5. The molecule has 8 nitrogen and oxygen atoms in total. The highest BCUT2D eigenvalue weighted by Gasteiger charge is 2.31. The number of nitrogens with one attached hydrogen (secondary N) is 1. The molecule has 3 rings (SSSR count). The number of halogens is 4. The van der Waals surface area contributed by atoms with Gasteiger partial charge in [-0.1, -0.05) is 11.6 Å². The number of rotatable bonds is 6. The smallest absolute Gasteiger partial charge is 0.406 e. The van der Waals surface area contributed by atoms with Gasteiger partial charge in [-0.3, -0.25) is 19.7 Å². The average Bonchev–Trinajstić information content (AvgIpc) is 2.71. The number of nitrogens with zero attached hydrogens (tertiary/aromatic N) is 4. The first kappa shape index (κ1) is 25.4. The molecule has 1 N–H and O–H groups in total. The summed E-state index contributed by atoms with van der Waals surface area (Å²) < 4.78 is 57.4. The highest BCUT2D eigenvalue weighted by molar-refractivity contribution is 7.92. The third-order valence-corrected chi connectivity index (χ3v) is 5.04. The molecule has 0 aliphatic rings. The summed E-state index contributed by atoms with van der Waals surface area (Å²) >= 11 is 5.85. The summed E-state index contributed by atoms with van der Waals surface area (Å²) in [6.07, 6.45) is 2.41. The van der Waals surface area contributed by atoms with Crippen LogP contribution in [0.4, 0.5) is 18.9 Å². The SMILES string of the molecule is C[C@H](NC(=O)c1cc(Cl)cc(OC(F)(F)F)c1)c1nccnc1-c1ccc(N=S(C)(C)=O)cn1. The van der Waals surface area contributed by atoms with Crippen LogP contribution in [0.25, 0.3) is 11.4 Å². The second-order valence-electron chi connectivity index (χ2n) is 7.38. The fourth-order valence-electron chi connectivity index (χ4n) is 2.93. The Bertz CT molecular complexity index is 1320. The zero-order chi connectivity index (χ0) is 25.1. The van der Waals surface area contributed by atoms with Crippen LogP contribution in [0.1, 0.15) is 29.0 Å². The largest absolute Gasteiger partial charge is 0.573 e. The lowest BCUT2D eigenvalue weighted by Crippen LogP contribution is -2.28. The van der Waals surface area contributed by atoms with E-state index in [1.165, 1.54) is 37.2 Å². The summed E-state index contributed by atoms with van der Waals surface area (Å²) in [6, 6.07) is 5.66. The van der Waals surface area contributed by atoms with Crippen LogP contribution in [0.3, 0.4) is 0 Å². The molecule has 1 atom stereocenters. The summed E-state index contributed by atoms with van der Waals surface area (Å²) in [4.78, 5) is 25.6. The van der Waals surface area contributed by atoms with E-state index in [1.54, 1.807) is 19.1 Å². The van der Waals surface area contributed by atoms with E-state index in [4.69, 9.17) is 11.6 Å². The van der Waals surface area contributed by atoms with Crippen molar-refractivity contribution in [3.63, 3.8) is 0 Å². The van der Waals surface area contributed by atoms with Crippen LogP contribution in [0.5, 0.6) is 5.75 Å². The molecule has 13 heteroatoms. The number of pyridine rings is 1. The number of benzene rings is 1. The molecule has 0 aliphatic heterocycles. The molecule has 0 saturated carbocycles. The number of amides is 1. The Morgan fingerprint density at radius 3 is 2.47 bits per heavy atom. The molecule has 34 heavy (non-hydrogen) atoms. The third kappa shape index (κ3) is 7.12. The van der Waals surface area contributed by atoms with Gasteiger partial charge < -0.3 is 10.1 Å². The molecule has 0 saturated heterocycles. The number of aromatic nitrogens is 3. The predicted octanol–water partition coefficient (Wildman–Crippen LogP) is 4.94. The molecule has 0 unspecified atom stereocenters. The van der Waals surface area contributed by atoms with Gasteiger partial charge in [-0.2, -0.15) is 4.36 Å². The van der Waals surface area contributed by atoms with E-state index in [9.17, 15) is 22.2 Å². The molecule has 3 aromatic rings. The molecular weight excluding hydrogens is 495 g/mol. The maximum atomic E-state index is 12.7. The highest BCUT2D eigenvalue weighted by Crippen LogP contribution is 2.28. The van der Waals surface area contributed by atoms with Gasteiger partial charge in [0.15, 0.2) is 0 Å². The summed E-state index contributed by atoms with van der Waals surface area (Å²) in [5.74, 6) is -1.31. The van der Waals surface area contributed by atoms with Crippen molar-refractivity contribution in [3.8, 4) is 17.1 Å². The number of carbonyl (C=O) groups excluding carboxylic acids is 1. The van der Waals surface area contributed by atoms with E-state index in [-0.39, 0.29) is 10.6 Å². The normalized spacial score (nSPS) is 12.7. The van der Waals surface area contributed by atoms with Crippen molar-refractivity contribution >= 4 is 32.9 Å². The van der Waals surface area contributed by atoms with Gasteiger partial charge in [0, 0.05) is 45.2 Å². The van der Waals surface area contributed by atoms with Gasteiger partial charge in [-0.25, -0.2) is 4.21 Å². The fraction of sp³-hybridized carbons (Fsp3) is 0.238. The fourth-order valence-corrected chi connectivity index (χ4v) is 3.77. The Morgan fingerprint density at radius 2 is 1.85 bits per heavy atom. The molecule has 0 radical (unpaired) electrons. The van der Waals surface area contributed by atoms with Gasteiger partial charge in [-0.15, -0.1) is 13.2 Å². The van der Waals surface area contributed by atoms with Gasteiger partial charge in [0.25, 0.3) is 5.91 Å². The second-order valence-corrected chi connectivity index (χ2v) is 10.4. The zero-order valence-corrected chi connectivity index (χ0v) is 19.7. The lowest BCUT2D eigenvalue weighted by atomic mass is 10.1. The molecule has 1 amide bonds. The molecule has 2 aromatic heterocycles. The number of alkyl halides is 3. The quantitative estimate of drug-likeness (QED) is 0.500. The van der Waals surface area contributed by atoms with Gasteiger partial charge in [0.2, 0.25) is 0 Å². The van der Waals surface area contributed by atoms with Crippen molar-refractivity contribution < 1.29 is 26.9 Å². The number of ether oxygens (including phenoxy) is 1. The number of carbonyl (C=O) groups is 1. The van der Waals surface area contributed by atoms with Crippen molar-refractivity contribution in [3.05, 3.63) is 65.2 Å².